The predicted octanol–water partition coefficient (Wildman–Crippen LogP) is 1.62. The molecule has 1 rings (SSSR count). The van der Waals surface area contributed by atoms with Crippen LogP contribution in [0.4, 0.5) is 4.39 Å². The first-order valence-corrected chi connectivity index (χ1v) is 8.17. The molecule has 0 amide bonds. The first-order valence-electron chi connectivity index (χ1n) is 7.13. The minimum absolute atomic E-state index is 0.0176. The van der Waals surface area contributed by atoms with Crippen molar-refractivity contribution >= 4 is 29.7 Å². The molecule has 0 aliphatic rings. The third-order valence-corrected chi connectivity index (χ3v) is 4.44. The first kappa shape index (κ1) is 20.7. The van der Waals surface area contributed by atoms with Crippen molar-refractivity contribution in [2.75, 3.05) is 12.4 Å². The summed E-state index contributed by atoms with van der Waals surface area (Å²) >= 11 is 0.775. The Kier molecular flexibility index (Phi) is 7.59. The fourth-order valence-electron chi connectivity index (χ4n) is 1.90. The van der Waals surface area contributed by atoms with Crippen LogP contribution >= 0.6 is 11.8 Å². The molecule has 0 radical (unpaired) electrons. The van der Waals surface area contributed by atoms with E-state index in [0.717, 1.165) is 30.0 Å². The number of ether oxygens (including phenoxy) is 1. The lowest BCUT2D eigenvalue weighted by molar-refractivity contribution is -0.176. The summed E-state index contributed by atoms with van der Waals surface area (Å²) in [5.74, 6) is -5.08. The minimum atomic E-state index is -3.12. The molecule has 0 spiro atoms. The molecule has 1 aromatic carbocycles. The quantitative estimate of drug-likeness (QED) is 0.340. The lowest BCUT2D eigenvalue weighted by Crippen LogP contribution is -2.50. The molecule has 7 nitrogen and oxygen atoms in total. The SMILES string of the molecule is CCOC(=O)/C=C/CSC(c1ccc(F)cc1)C(O)(C(=O)O)C(=O)O. The number of carboxylic acid groups (broad SMARTS) is 2. The number of rotatable bonds is 9. The Balaban J connectivity index is 3.08. The Morgan fingerprint density at radius 1 is 1.24 bits per heavy atom. The number of halogens is 1. The summed E-state index contributed by atoms with van der Waals surface area (Å²) in [5, 5.41) is 27.2. The van der Waals surface area contributed by atoms with Gasteiger partial charge in [0, 0.05) is 11.8 Å². The highest BCUT2D eigenvalue weighted by Gasteiger charge is 2.52. The fourth-order valence-corrected chi connectivity index (χ4v) is 3.09. The molecule has 0 heterocycles. The second-order valence-electron chi connectivity index (χ2n) is 4.80. The van der Waals surface area contributed by atoms with Crippen LogP contribution in [0.5, 0.6) is 0 Å². The normalized spacial score (nSPS) is 12.8. The highest BCUT2D eigenvalue weighted by molar-refractivity contribution is 7.99. The van der Waals surface area contributed by atoms with Crippen LogP contribution in [-0.2, 0) is 19.1 Å². The number of aliphatic carboxylic acids is 2. The number of aliphatic hydroxyl groups is 1. The second-order valence-corrected chi connectivity index (χ2v) is 5.93. The highest BCUT2D eigenvalue weighted by atomic mass is 32.2. The van der Waals surface area contributed by atoms with Gasteiger partial charge in [-0.25, -0.2) is 18.8 Å². The van der Waals surface area contributed by atoms with Crippen molar-refractivity contribution in [1.82, 2.24) is 0 Å². The van der Waals surface area contributed by atoms with E-state index in [1.807, 2.05) is 0 Å². The van der Waals surface area contributed by atoms with Gasteiger partial charge in [0.2, 0.25) is 0 Å². The number of carbonyl (C=O) groups is 3. The summed E-state index contributed by atoms with van der Waals surface area (Å²) in [7, 11) is 0. The van der Waals surface area contributed by atoms with Gasteiger partial charge in [-0.3, -0.25) is 0 Å². The Hall–Kier alpha value is -2.39. The zero-order chi connectivity index (χ0) is 19.0. The maximum absolute atomic E-state index is 13.1. The second kappa shape index (κ2) is 9.19. The number of hydrogen-bond acceptors (Lipinski definition) is 6. The topological polar surface area (TPSA) is 121 Å². The lowest BCUT2D eigenvalue weighted by atomic mass is 9.94. The van der Waals surface area contributed by atoms with Crippen molar-refractivity contribution < 1.29 is 38.8 Å². The van der Waals surface area contributed by atoms with Crippen molar-refractivity contribution in [2.24, 2.45) is 0 Å². The number of esters is 1. The molecule has 0 aromatic heterocycles. The van der Waals surface area contributed by atoms with E-state index in [2.05, 4.69) is 4.74 Å². The third kappa shape index (κ3) is 5.30. The lowest BCUT2D eigenvalue weighted by Gasteiger charge is -2.28. The fraction of sp³-hybridized carbons (Fsp3) is 0.312. The van der Waals surface area contributed by atoms with Gasteiger partial charge in [-0.15, -0.1) is 11.8 Å². The van der Waals surface area contributed by atoms with Crippen molar-refractivity contribution in [3.05, 3.63) is 47.8 Å². The average molecular weight is 372 g/mol. The van der Waals surface area contributed by atoms with Gasteiger partial charge in [-0.2, -0.15) is 0 Å². The van der Waals surface area contributed by atoms with Gasteiger partial charge in [0.15, 0.2) is 0 Å². The molecular weight excluding hydrogens is 355 g/mol. The van der Waals surface area contributed by atoms with Crippen molar-refractivity contribution in [3.8, 4) is 0 Å². The van der Waals surface area contributed by atoms with Crippen LogP contribution in [0.2, 0.25) is 0 Å². The molecule has 1 aromatic rings. The maximum Gasteiger partial charge on any atom is 0.349 e. The Morgan fingerprint density at radius 2 is 1.80 bits per heavy atom. The zero-order valence-electron chi connectivity index (χ0n) is 13.2. The molecular formula is C16H17FO7S. The van der Waals surface area contributed by atoms with Gasteiger partial charge in [0.1, 0.15) is 5.82 Å². The molecule has 0 fully saturated rings. The third-order valence-electron chi connectivity index (χ3n) is 3.10. The van der Waals surface area contributed by atoms with Crippen LogP contribution in [0.1, 0.15) is 17.7 Å². The monoisotopic (exact) mass is 372 g/mol. The van der Waals surface area contributed by atoms with Gasteiger partial charge in [-0.1, -0.05) is 18.2 Å². The van der Waals surface area contributed by atoms with Gasteiger partial charge < -0.3 is 20.1 Å². The summed E-state index contributed by atoms with van der Waals surface area (Å²) in [6.07, 6.45) is 2.46. The summed E-state index contributed by atoms with van der Waals surface area (Å²) in [4.78, 5) is 33.9. The van der Waals surface area contributed by atoms with Crippen molar-refractivity contribution in [3.63, 3.8) is 0 Å². The van der Waals surface area contributed by atoms with Crippen molar-refractivity contribution in [2.45, 2.75) is 17.8 Å². The number of hydrogen-bond donors (Lipinski definition) is 3. The van der Waals surface area contributed by atoms with Crippen LogP contribution in [0, 0.1) is 5.82 Å². The highest BCUT2D eigenvalue weighted by Crippen LogP contribution is 2.39. The smallest absolute Gasteiger partial charge is 0.349 e. The standard InChI is InChI=1S/C16H17FO7S/c1-2-24-12(18)4-3-9-25-13(10-5-7-11(17)8-6-10)16(23,14(19)20)15(21)22/h3-8,13,23H,2,9H2,1H3,(H,19,20)(H,21,22)/b4-3+. The van der Waals surface area contributed by atoms with Gasteiger partial charge in [-0.05, 0) is 24.6 Å². The van der Waals surface area contributed by atoms with E-state index in [1.165, 1.54) is 18.2 Å². The zero-order valence-corrected chi connectivity index (χ0v) is 14.0. The summed E-state index contributed by atoms with van der Waals surface area (Å²) in [5.41, 5.74) is -3.01. The van der Waals surface area contributed by atoms with Gasteiger partial charge >= 0.3 is 17.9 Å². The van der Waals surface area contributed by atoms with Crippen LogP contribution in [0.15, 0.2) is 36.4 Å². The number of benzene rings is 1. The molecule has 9 heteroatoms. The molecule has 1 unspecified atom stereocenters. The van der Waals surface area contributed by atoms with Gasteiger partial charge in [0.25, 0.3) is 5.60 Å². The Morgan fingerprint density at radius 3 is 2.28 bits per heavy atom. The van der Waals surface area contributed by atoms with E-state index in [1.54, 1.807) is 6.92 Å². The summed E-state index contributed by atoms with van der Waals surface area (Å²) in [6.45, 7) is 1.82. The first-order chi connectivity index (χ1) is 11.7. The van der Waals surface area contributed by atoms with Gasteiger partial charge in [0.05, 0.1) is 11.9 Å². The number of carbonyl (C=O) groups excluding carboxylic acids is 1. The predicted molar refractivity (Wildman–Crippen MR) is 87.6 cm³/mol. The molecule has 0 bridgehead atoms. The van der Waals surface area contributed by atoms with E-state index in [-0.39, 0.29) is 17.9 Å². The molecule has 25 heavy (non-hydrogen) atoms. The summed E-state index contributed by atoms with van der Waals surface area (Å²) in [6, 6.07) is 4.45. The van der Waals surface area contributed by atoms with Crippen LogP contribution in [0.3, 0.4) is 0 Å². The van der Waals surface area contributed by atoms with E-state index < -0.39 is 34.6 Å². The number of thioether (sulfide) groups is 1. The van der Waals surface area contributed by atoms with E-state index in [0.29, 0.717) is 0 Å². The van der Waals surface area contributed by atoms with Crippen LogP contribution < -0.4 is 0 Å². The van der Waals surface area contributed by atoms with Crippen LogP contribution in [-0.4, -0.2) is 51.2 Å². The van der Waals surface area contributed by atoms with Crippen molar-refractivity contribution in [1.29, 1.82) is 0 Å². The molecule has 136 valence electrons. The molecule has 3 N–H and O–H groups in total. The van der Waals surface area contributed by atoms with Crippen LogP contribution in [0.25, 0.3) is 0 Å². The largest absolute Gasteiger partial charge is 0.479 e. The van der Waals surface area contributed by atoms with E-state index >= 15 is 0 Å². The Labute approximate surface area is 147 Å². The molecule has 0 saturated heterocycles. The minimum Gasteiger partial charge on any atom is -0.479 e. The van der Waals surface area contributed by atoms with E-state index in [4.69, 9.17) is 0 Å². The molecule has 0 aliphatic heterocycles. The molecule has 1 atom stereocenters. The summed E-state index contributed by atoms with van der Waals surface area (Å²) < 4.78 is 17.7. The Bertz CT molecular complexity index is 643. The number of carboxylic acids is 2. The maximum atomic E-state index is 13.1. The average Bonchev–Trinajstić information content (AvgIpc) is 2.55. The van der Waals surface area contributed by atoms with E-state index in [9.17, 15) is 34.1 Å². The molecule has 0 saturated carbocycles. The molecule has 0 aliphatic carbocycles.